The van der Waals surface area contributed by atoms with E-state index in [-0.39, 0.29) is 17.1 Å². The summed E-state index contributed by atoms with van der Waals surface area (Å²) in [7, 11) is 0. The number of nitrogens with one attached hydrogen (secondary N) is 1. The van der Waals surface area contributed by atoms with Crippen molar-refractivity contribution >= 4 is 23.3 Å². The van der Waals surface area contributed by atoms with Gasteiger partial charge in [0, 0.05) is 24.5 Å². The molecule has 0 aliphatic heterocycles. The van der Waals surface area contributed by atoms with Crippen molar-refractivity contribution < 1.29 is 4.79 Å². The average Bonchev–Trinajstić information content (AvgIpc) is 2.78. The molecule has 0 fully saturated rings. The van der Waals surface area contributed by atoms with Gasteiger partial charge in [0.2, 0.25) is 0 Å². The SMILES string of the molecule is CC(C)n1ccc(NC(=O)c2cccnc2Cl)n1. The molecule has 2 aromatic heterocycles. The van der Waals surface area contributed by atoms with E-state index in [9.17, 15) is 4.79 Å². The number of hydrogen-bond donors (Lipinski definition) is 1. The smallest absolute Gasteiger partial charge is 0.259 e. The molecule has 94 valence electrons. The minimum Gasteiger partial charge on any atom is -0.305 e. The molecule has 6 heteroatoms. The molecule has 0 atom stereocenters. The van der Waals surface area contributed by atoms with Gasteiger partial charge < -0.3 is 5.32 Å². The van der Waals surface area contributed by atoms with Gasteiger partial charge in [-0.15, -0.1) is 0 Å². The fourth-order valence-corrected chi connectivity index (χ4v) is 1.64. The van der Waals surface area contributed by atoms with Crippen LogP contribution < -0.4 is 5.32 Å². The Labute approximate surface area is 110 Å². The standard InChI is InChI=1S/C12H13ClN4O/c1-8(2)17-7-5-10(16-17)15-12(18)9-4-3-6-14-11(9)13/h3-8H,1-2H3,(H,15,16,18). The van der Waals surface area contributed by atoms with Gasteiger partial charge in [-0.3, -0.25) is 9.48 Å². The lowest BCUT2D eigenvalue weighted by molar-refractivity contribution is 0.102. The van der Waals surface area contributed by atoms with E-state index < -0.39 is 0 Å². The second-order valence-electron chi connectivity index (χ2n) is 4.07. The number of carbonyl (C=O) groups excluding carboxylic acids is 1. The maximum absolute atomic E-state index is 11.9. The van der Waals surface area contributed by atoms with Gasteiger partial charge in [-0.2, -0.15) is 5.10 Å². The summed E-state index contributed by atoms with van der Waals surface area (Å²) in [5, 5.41) is 7.08. The lowest BCUT2D eigenvalue weighted by atomic mass is 10.3. The molecule has 2 rings (SSSR count). The fraction of sp³-hybridized carbons (Fsp3) is 0.250. The predicted molar refractivity (Wildman–Crippen MR) is 69.8 cm³/mol. The second kappa shape index (κ2) is 5.18. The first kappa shape index (κ1) is 12.6. The van der Waals surface area contributed by atoms with Crippen LogP contribution in [0.3, 0.4) is 0 Å². The van der Waals surface area contributed by atoms with E-state index in [1.165, 1.54) is 6.20 Å². The molecule has 1 amide bonds. The summed E-state index contributed by atoms with van der Waals surface area (Å²) in [6, 6.07) is 5.26. The van der Waals surface area contributed by atoms with Gasteiger partial charge in [0.1, 0.15) is 5.15 Å². The number of pyridine rings is 1. The Morgan fingerprint density at radius 2 is 2.22 bits per heavy atom. The third-order valence-electron chi connectivity index (χ3n) is 2.38. The molecule has 5 nitrogen and oxygen atoms in total. The Bertz CT molecular complexity index is 565. The molecule has 2 aromatic rings. The minimum atomic E-state index is -0.317. The molecule has 2 heterocycles. The third-order valence-corrected chi connectivity index (χ3v) is 2.68. The third kappa shape index (κ3) is 2.68. The molecule has 18 heavy (non-hydrogen) atoms. The molecule has 0 aliphatic carbocycles. The lowest BCUT2D eigenvalue weighted by Crippen LogP contribution is -2.14. The summed E-state index contributed by atoms with van der Waals surface area (Å²) < 4.78 is 1.76. The normalized spacial score (nSPS) is 10.7. The Balaban J connectivity index is 2.14. The molecule has 0 radical (unpaired) electrons. The fourth-order valence-electron chi connectivity index (χ4n) is 1.43. The van der Waals surface area contributed by atoms with Crippen LogP contribution in [0.1, 0.15) is 30.2 Å². The van der Waals surface area contributed by atoms with Crippen LogP contribution in [0.25, 0.3) is 0 Å². The maximum atomic E-state index is 11.9. The Morgan fingerprint density at radius 1 is 1.44 bits per heavy atom. The summed E-state index contributed by atoms with van der Waals surface area (Å²) in [5.74, 6) is 0.177. The van der Waals surface area contributed by atoms with Gasteiger partial charge in [0.25, 0.3) is 5.91 Å². The molecule has 0 bridgehead atoms. The highest BCUT2D eigenvalue weighted by Gasteiger charge is 2.12. The maximum Gasteiger partial charge on any atom is 0.259 e. The number of aromatic nitrogens is 3. The quantitative estimate of drug-likeness (QED) is 0.867. The van der Waals surface area contributed by atoms with Crippen LogP contribution >= 0.6 is 11.6 Å². The number of hydrogen-bond acceptors (Lipinski definition) is 3. The number of rotatable bonds is 3. The lowest BCUT2D eigenvalue weighted by Gasteiger charge is -2.05. The van der Waals surface area contributed by atoms with E-state index in [2.05, 4.69) is 15.4 Å². The van der Waals surface area contributed by atoms with Crippen molar-refractivity contribution in [1.82, 2.24) is 14.8 Å². The summed E-state index contributed by atoms with van der Waals surface area (Å²) >= 11 is 5.84. The van der Waals surface area contributed by atoms with Crippen LogP contribution in [-0.2, 0) is 0 Å². The number of nitrogens with zero attached hydrogens (tertiary/aromatic N) is 3. The van der Waals surface area contributed by atoms with Crippen molar-refractivity contribution in [3.63, 3.8) is 0 Å². The van der Waals surface area contributed by atoms with Gasteiger partial charge in [0.15, 0.2) is 5.82 Å². The largest absolute Gasteiger partial charge is 0.305 e. The zero-order chi connectivity index (χ0) is 13.1. The number of carbonyl (C=O) groups is 1. The van der Waals surface area contributed by atoms with Gasteiger partial charge in [-0.25, -0.2) is 4.98 Å². The first-order valence-electron chi connectivity index (χ1n) is 5.55. The molecule has 0 saturated heterocycles. The van der Waals surface area contributed by atoms with Crippen LogP contribution in [0.4, 0.5) is 5.82 Å². The molecule has 0 aliphatic rings. The van der Waals surface area contributed by atoms with E-state index >= 15 is 0 Å². The van der Waals surface area contributed by atoms with Crippen LogP contribution in [0.15, 0.2) is 30.6 Å². The molecule has 0 saturated carbocycles. The minimum absolute atomic E-state index is 0.179. The van der Waals surface area contributed by atoms with E-state index in [1.54, 1.807) is 22.9 Å². The molecule has 0 unspecified atom stereocenters. The van der Waals surface area contributed by atoms with Crippen LogP contribution in [0.2, 0.25) is 5.15 Å². The second-order valence-corrected chi connectivity index (χ2v) is 4.43. The number of anilines is 1. The first-order chi connectivity index (χ1) is 8.58. The van der Waals surface area contributed by atoms with E-state index in [0.717, 1.165) is 0 Å². The Kier molecular flexibility index (Phi) is 3.62. The van der Waals surface area contributed by atoms with E-state index in [1.807, 2.05) is 20.0 Å². The van der Waals surface area contributed by atoms with Gasteiger partial charge in [-0.05, 0) is 26.0 Å². The zero-order valence-electron chi connectivity index (χ0n) is 10.1. The van der Waals surface area contributed by atoms with Crippen molar-refractivity contribution in [2.45, 2.75) is 19.9 Å². The first-order valence-corrected chi connectivity index (χ1v) is 5.92. The summed E-state index contributed by atoms with van der Waals surface area (Å²) in [6.45, 7) is 4.02. The van der Waals surface area contributed by atoms with Gasteiger partial charge in [-0.1, -0.05) is 11.6 Å². The van der Waals surface area contributed by atoms with Crippen molar-refractivity contribution in [3.05, 3.63) is 41.3 Å². The van der Waals surface area contributed by atoms with Crippen LogP contribution in [0, 0.1) is 0 Å². The van der Waals surface area contributed by atoms with Crippen molar-refractivity contribution in [2.24, 2.45) is 0 Å². The Morgan fingerprint density at radius 3 is 2.83 bits per heavy atom. The van der Waals surface area contributed by atoms with E-state index in [0.29, 0.717) is 11.4 Å². The molecule has 1 N–H and O–H groups in total. The Hall–Kier alpha value is -1.88. The highest BCUT2D eigenvalue weighted by molar-refractivity contribution is 6.33. The zero-order valence-corrected chi connectivity index (χ0v) is 10.8. The average molecular weight is 265 g/mol. The molecular weight excluding hydrogens is 252 g/mol. The van der Waals surface area contributed by atoms with Crippen molar-refractivity contribution in [3.8, 4) is 0 Å². The summed E-state index contributed by atoms with van der Waals surface area (Å²) in [4.78, 5) is 15.8. The van der Waals surface area contributed by atoms with Crippen LogP contribution in [0.5, 0.6) is 0 Å². The number of amides is 1. The predicted octanol–water partition coefficient (Wildman–Crippen LogP) is 2.76. The summed E-state index contributed by atoms with van der Waals surface area (Å²) in [5.41, 5.74) is 0.332. The van der Waals surface area contributed by atoms with Crippen molar-refractivity contribution in [2.75, 3.05) is 5.32 Å². The van der Waals surface area contributed by atoms with E-state index in [4.69, 9.17) is 11.6 Å². The highest BCUT2D eigenvalue weighted by Crippen LogP contribution is 2.14. The van der Waals surface area contributed by atoms with Gasteiger partial charge >= 0.3 is 0 Å². The topological polar surface area (TPSA) is 59.8 Å². The van der Waals surface area contributed by atoms with Gasteiger partial charge in [0.05, 0.1) is 5.56 Å². The van der Waals surface area contributed by atoms with Crippen LogP contribution in [-0.4, -0.2) is 20.7 Å². The molecule has 0 spiro atoms. The highest BCUT2D eigenvalue weighted by atomic mass is 35.5. The molecule has 0 aromatic carbocycles. The monoisotopic (exact) mass is 264 g/mol. The number of halogens is 1. The molecular formula is C12H13ClN4O. The van der Waals surface area contributed by atoms with Crippen molar-refractivity contribution in [1.29, 1.82) is 0 Å². The summed E-state index contributed by atoms with van der Waals surface area (Å²) in [6.07, 6.45) is 3.34.